The van der Waals surface area contributed by atoms with Gasteiger partial charge in [-0.25, -0.2) is 14.8 Å². The lowest BCUT2D eigenvalue weighted by Gasteiger charge is -2.05. The Morgan fingerprint density at radius 3 is 2.75 bits per heavy atom. The molecule has 0 aliphatic heterocycles. The number of oxazole rings is 1. The fourth-order valence-corrected chi connectivity index (χ4v) is 1.69. The van der Waals surface area contributed by atoms with Crippen LogP contribution >= 0.6 is 0 Å². The second-order valence-corrected chi connectivity index (χ2v) is 4.12. The molecule has 0 aliphatic rings. The summed E-state index contributed by atoms with van der Waals surface area (Å²) in [7, 11) is 0. The molecule has 2 aromatic heterocycles. The van der Waals surface area contributed by atoms with Crippen molar-refractivity contribution in [3.8, 4) is 5.88 Å². The Kier molecular flexibility index (Phi) is 4.34. The number of esters is 1. The highest BCUT2D eigenvalue weighted by Crippen LogP contribution is 2.13. The van der Waals surface area contributed by atoms with Gasteiger partial charge in [0.25, 0.3) is 0 Å². The minimum absolute atomic E-state index is 0.0545. The van der Waals surface area contributed by atoms with Gasteiger partial charge in [0, 0.05) is 13.0 Å². The second kappa shape index (κ2) is 6.18. The molecule has 0 atom stereocenters. The third-order valence-corrected chi connectivity index (χ3v) is 2.51. The fourth-order valence-electron chi connectivity index (χ4n) is 1.69. The molecule has 20 heavy (non-hydrogen) atoms. The van der Waals surface area contributed by atoms with Crippen molar-refractivity contribution in [2.75, 3.05) is 6.61 Å². The minimum atomic E-state index is -0.549. The first kappa shape index (κ1) is 14.0. The highest BCUT2D eigenvalue weighted by molar-refractivity contribution is 5.87. The number of pyridine rings is 1. The molecule has 0 aromatic carbocycles. The molecule has 0 amide bonds. The number of rotatable bonds is 5. The van der Waals surface area contributed by atoms with Gasteiger partial charge in [-0.1, -0.05) is 6.07 Å². The highest BCUT2D eigenvalue weighted by atomic mass is 16.5. The number of ether oxygens (including phenoxy) is 2. The summed E-state index contributed by atoms with van der Waals surface area (Å²) in [4.78, 5) is 20.1. The van der Waals surface area contributed by atoms with Crippen LogP contribution in [0.5, 0.6) is 5.88 Å². The summed E-state index contributed by atoms with van der Waals surface area (Å²) < 4.78 is 15.6. The van der Waals surface area contributed by atoms with E-state index in [1.807, 2.05) is 6.92 Å². The number of carbonyl (C=O) groups excluding carboxylic acids is 1. The second-order valence-electron chi connectivity index (χ2n) is 4.12. The third-order valence-electron chi connectivity index (χ3n) is 2.51. The zero-order valence-electron chi connectivity index (χ0n) is 11.7. The quantitative estimate of drug-likeness (QED) is 0.781. The Morgan fingerprint density at radius 1 is 1.30 bits per heavy atom. The van der Waals surface area contributed by atoms with E-state index in [9.17, 15) is 4.79 Å². The SMILES string of the molecule is CCOc1cccc(COC(=O)c2oc(C)nc2C)n1. The molecule has 2 rings (SSSR count). The number of aryl methyl sites for hydroxylation is 2. The number of aromatic nitrogens is 2. The molecule has 2 heterocycles. The first-order valence-electron chi connectivity index (χ1n) is 6.30. The lowest BCUT2D eigenvalue weighted by molar-refractivity contribution is 0.0427. The monoisotopic (exact) mass is 276 g/mol. The van der Waals surface area contributed by atoms with Crippen LogP contribution in [0, 0.1) is 13.8 Å². The molecule has 0 bridgehead atoms. The molecular formula is C14H16N2O4. The van der Waals surface area contributed by atoms with Crippen molar-refractivity contribution in [3.05, 3.63) is 41.2 Å². The third kappa shape index (κ3) is 3.34. The summed E-state index contributed by atoms with van der Waals surface area (Å²) in [5.41, 5.74) is 1.13. The van der Waals surface area contributed by atoms with E-state index in [0.717, 1.165) is 0 Å². The predicted octanol–water partition coefficient (Wildman–Crippen LogP) is 2.44. The molecule has 2 aromatic rings. The van der Waals surface area contributed by atoms with Crippen LogP contribution in [0.25, 0.3) is 0 Å². The van der Waals surface area contributed by atoms with E-state index in [-0.39, 0.29) is 12.4 Å². The lowest BCUT2D eigenvalue weighted by atomic mass is 10.3. The topological polar surface area (TPSA) is 74.5 Å². The van der Waals surface area contributed by atoms with Gasteiger partial charge in [0.2, 0.25) is 11.6 Å². The standard InChI is InChI=1S/C14H16N2O4/c1-4-18-12-7-5-6-11(16-12)8-19-14(17)13-9(2)15-10(3)20-13/h5-7H,4,8H2,1-3H3. The van der Waals surface area contributed by atoms with E-state index in [1.54, 1.807) is 32.0 Å². The molecule has 0 unspecified atom stereocenters. The molecule has 0 saturated carbocycles. The summed E-state index contributed by atoms with van der Waals surface area (Å²) >= 11 is 0. The van der Waals surface area contributed by atoms with Crippen LogP contribution in [0.4, 0.5) is 0 Å². The van der Waals surface area contributed by atoms with Gasteiger partial charge in [0.1, 0.15) is 6.61 Å². The Morgan fingerprint density at radius 2 is 2.10 bits per heavy atom. The fraction of sp³-hybridized carbons (Fsp3) is 0.357. The molecule has 6 nitrogen and oxygen atoms in total. The Hall–Kier alpha value is -2.37. The number of nitrogens with zero attached hydrogens (tertiary/aromatic N) is 2. The Labute approximate surface area is 116 Å². The van der Waals surface area contributed by atoms with Crippen molar-refractivity contribution in [3.63, 3.8) is 0 Å². The van der Waals surface area contributed by atoms with Crippen LogP contribution in [0.2, 0.25) is 0 Å². The summed E-state index contributed by atoms with van der Waals surface area (Å²) in [5.74, 6) is 0.522. The molecule has 0 saturated heterocycles. The average molecular weight is 276 g/mol. The van der Waals surface area contributed by atoms with E-state index in [1.165, 1.54) is 0 Å². The summed E-state index contributed by atoms with van der Waals surface area (Å²) in [5, 5.41) is 0. The van der Waals surface area contributed by atoms with E-state index < -0.39 is 5.97 Å². The maximum Gasteiger partial charge on any atom is 0.376 e. The van der Waals surface area contributed by atoms with Gasteiger partial charge in [-0.2, -0.15) is 0 Å². The molecule has 106 valence electrons. The molecule has 6 heteroatoms. The first-order valence-corrected chi connectivity index (χ1v) is 6.30. The smallest absolute Gasteiger partial charge is 0.376 e. The van der Waals surface area contributed by atoms with Crippen LogP contribution < -0.4 is 4.74 Å². The Balaban J connectivity index is 1.99. The molecule has 0 radical (unpaired) electrons. The molecule has 0 N–H and O–H groups in total. The Bertz CT molecular complexity index is 607. The minimum Gasteiger partial charge on any atom is -0.478 e. The van der Waals surface area contributed by atoms with Crippen LogP contribution in [0.1, 0.15) is 34.8 Å². The van der Waals surface area contributed by atoms with Crippen molar-refractivity contribution in [2.45, 2.75) is 27.4 Å². The summed E-state index contributed by atoms with van der Waals surface area (Å²) in [6, 6.07) is 5.30. The van der Waals surface area contributed by atoms with Gasteiger partial charge >= 0.3 is 5.97 Å². The van der Waals surface area contributed by atoms with Crippen molar-refractivity contribution < 1.29 is 18.7 Å². The lowest BCUT2D eigenvalue weighted by Crippen LogP contribution is -2.07. The maximum absolute atomic E-state index is 11.8. The number of hydrogen-bond donors (Lipinski definition) is 0. The molecule has 0 aliphatic carbocycles. The zero-order valence-corrected chi connectivity index (χ0v) is 11.7. The van der Waals surface area contributed by atoms with Crippen molar-refractivity contribution in [2.24, 2.45) is 0 Å². The molecule has 0 fully saturated rings. The van der Waals surface area contributed by atoms with Gasteiger partial charge in [0.15, 0.2) is 5.89 Å². The summed E-state index contributed by atoms with van der Waals surface area (Å²) in [6.45, 7) is 5.84. The van der Waals surface area contributed by atoms with Gasteiger partial charge in [0.05, 0.1) is 18.0 Å². The van der Waals surface area contributed by atoms with E-state index in [4.69, 9.17) is 13.9 Å². The van der Waals surface area contributed by atoms with E-state index >= 15 is 0 Å². The number of carbonyl (C=O) groups is 1. The zero-order chi connectivity index (χ0) is 14.5. The van der Waals surface area contributed by atoms with Gasteiger partial charge in [-0.3, -0.25) is 0 Å². The van der Waals surface area contributed by atoms with Crippen LogP contribution in [-0.2, 0) is 11.3 Å². The van der Waals surface area contributed by atoms with Crippen LogP contribution in [0.3, 0.4) is 0 Å². The van der Waals surface area contributed by atoms with Crippen molar-refractivity contribution in [1.29, 1.82) is 0 Å². The predicted molar refractivity (Wildman–Crippen MR) is 70.5 cm³/mol. The van der Waals surface area contributed by atoms with E-state index in [2.05, 4.69) is 9.97 Å². The van der Waals surface area contributed by atoms with Gasteiger partial charge < -0.3 is 13.9 Å². The van der Waals surface area contributed by atoms with Gasteiger partial charge in [-0.05, 0) is 19.9 Å². The van der Waals surface area contributed by atoms with E-state index in [0.29, 0.717) is 29.8 Å². The average Bonchev–Trinajstić information content (AvgIpc) is 2.76. The highest BCUT2D eigenvalue weighted by Gasteiger charge is 2.17. The summed E-state index contributed by atoms with van der Waals surface area (Å²) in [6.07, 6.45) is 0. The molecular weight excluding hydrogens is 260 g/mol. The van der Waals surface area contributed by atoms with Gasteiger partial charge in [-0.15, -0.1) is 0 Å². The maximum atomic E-state index is 11.8. The van der Waals surface area contributed by atoms with Crippen LogP contribution in [0.15, 0.2) is 22.6 Å². The van der Waals surface area contributed by atoms with Crippen molar-refractivity contribution in [1.82, 2.24) is 9.97 Å². The molecule has 0 spiro atoms. The van der Waals surface area contributed by atoms with Crippen LogP contribution in [-0.4, -0.2) is 22.5 Å². The normalized spacial score (nSPS) is 10.3. The van der Waals surface area contributed by atoms with Crippen molar-refractivity contribution >= 4 is 5.97 Å². The first-order chi connectivity index (χ1) is 9.60. The number of hydrogen-bond acceptors (Lipinski definition) is 6. The largest absolute Gasteiger partial charge is 0.478 e.